The molecular weight excluding hydrogens is 198 g/mol. The molecule has 3 N–H and O–H groups in total. The van der Waals surface area contributed by atoms with Gasteiger partial charge in [-0.1, -0.05) is 0 Å². The zero-order valence-corrected chi connectivity index (χ0v) is 9.66. The van der Waals surface area contributed by atoms with E-state index < -0.39 is 5.60 Å². The Hall–Kier alpha value is -0.200. The number of ether oxygens (including phenoxy) is 2. The van der Waals surface area contributed by atoms with Gasteiger partial charge in [0.05, 0.1) is 25.4 Å². The molecule has 0 aliphatic rings. The van der Waals surface area contributed by atoms with Gasteiger partial charge in [0, 0.05) is 33.2 Å². The van der Waals surface area contributed by atoms with Gasteiger partial charge < -0.3 is 25.0 Å². The molecule has 0 aliphatic carbocycles. The third-order valence-corrected chi connectivity index (χ3v) is 2.01. The summed E-state index contributed by atoms with van der Waals surface area (Å²) in [5.74, 6) is 0. The summed E-state index contributed by atoms with van der Waals surface area (Å²) in [6, 6.07) is 0. The molecule has 0 amide bonds. The molecule has 1 atom stereocenters. The number of methoxy groups -OCH3 is 1. The highest BCUT2D eigenvalue weighted by Gasteiger charge is 2.18. The van der Waals surface area contributed by atoms with Crippen molar-refractivity contribution < 1.29 is 19.7 Å². The van der Waals surface area contributed by atoms with Crippen molar-refractivity contribution in [3.63, 3.8) is 0 Å². The molecule has 0 aliphatic heterocycles. The number of hydrogen-bond acceptors (Lipinski definition) is 5. The Bertz CT molecular complexity index is 141. The van der Waals surface area contributed by atoms with Crippen LogP contribution in [0.2, 0.25) is 0 Å². The van der Waals surface area contributed by atoms with E-state index >= 15 is 0 Å². The number of rotatable bonds is 10. The topological polar surface area (TPSA) is 71.0 Å². The van der Waals surface area contributed by atoms with Gasteiger partial charge in [-0.3, -0.25) is 0 Å². The Kier molecular flexibility index (Phi) is 8.94. The SMILES string of the molecule is COCCC(C)(O)CNCCOCCO. The average molecular weight is 221 g/mol. The van der Waals surface area contributed by atoms with E-state index in [1.54, 1.807) is 14.0 Å². The zero-order chi connectivity index (χ0) is 11.6. The van der Waals surface area contributed by atoms with Crippen molar-refractivity contribution in [2.45, 2.75) is 18.9 Å². The van der Waals surface area contributed by atoms with E-state index in [9.17, 15) is 5.11 Å². The van der Waals surface area contributed by atoms with E-state index in [0.29, 0.717) is 39.3 Å². The van der Waals surface area contributed by atoms with Crippen LogP contribution >= 0.6 is 0 Å². The molecule has 0 aromatic heterocycles. The summed E-state index contributed by atoms with van der Waals surface area (Å²) >= 11 is 0. The second-order valence-corrected chi connectivity index (χ2v) is 3.75. The number of aliphatic hydroxyl groups excluding tert-OH is 1. The molecule has 0 radical (unpaired) electrons. The van der Waals surface area contributed by atoms with E-state index in [2.05, 4.69) is 5.32 Å². The first-order valence-corrected chi connectivity index (χ1v) is 5.23. The molecule has 1 unspecified atom stereocenters. The smallest absolute Gasteiger partial charge is 0.0765 e. The molecule has 0 aromatic rings. The molecule has 5 heteroatoms. The molecule has 0 rings (SSSR count). The number of aliphatic hydroxyl groups is 2. The molecule has 0 fully saturated rings. The van der Waals surface area contributed by atoms with Crippen LogP contribution in [0.15, 0.2) is 0 Å². The fourth-order valence-corrected chi connectivity index (χ4v) is 1.08. The van der Waals surface area contributed by atoms with Crippen LogP contribution in [0.1, 0.15) is 13.3 Å². The van der Waals surface area contributed by atoms with Crippen molar-refractivity contribution in [3.8, 4) is 0 Å². The predicted molar refractivity (Wildman–Crippen MR) is 57.9 cm³/mol. The van der Waals surface area contributed by atoms with Crippen LogP contribution in [0.5, 0.6) is 0 Å². The van der Waals surface area contributed by atoms with Gasteiger partial charge in [-0.25, -0.2) is 0 Å². The molecule has 0 aromatic carbocycles. The monoisotopic (exact) mass is 221 g/mol. The second kappa shape index (κ2) is 9.06. The van der Waals surface area contributed by atoms with Gasteiger partial charge >= 0.3 is 0 Å². The summed E-state index contributed by atoms with van der Waals surface area (Å²) in [7, 11) is 1.62. The third-order valence-electron chi connectivity index (χ3n) is 2.01. The van der Waals surface area contributed by atoms with Crippen LogP contribution in [0.25, 0.3) is 0 Å². The first-order chi connectivity index (χ1) is 7.12. The lowest BCUT2D eigenvalue weighted by molar-refractivity contribution is 0.0225. The lowest BCUT2D eigenvalue weighted by Gasteiger charge is -2.23. The molecule has 15 heavy (non-hydrogen) atoms. The minimum atomic E-state index is -0.743. The van der Waals surface area contributed by atoms with Crippen molar-refractivity contribution in [2.75, 3.05) is 46.6 Å². The fraction of sp³-hybridized carbons (Fsp3) is 1.00. The summed E-state index contributed by atoms with van der Waals surface area (Å²) in [6.07, 6.45) is 0.605. The van der Waals surface area contributed by atoms with Crippen molar-refractivity contribution in [3.05, 3.63) is 0 Å². The van der Waals surface area contributed by atoms with Crippen LogP contribution in [-0.2, 0) is 9.47 Å². The molecule has 0 spiro atoms. The largest absolute Gasteiger partial charge is 0.394 e. The van der Waals surface area contributed by atoms with Gasteiger partial charge in [0.2, 0.25) is 0 Å². The minimum absolute atomic E-state index is 0.0472. The van der Waals surface area contributed by atoms with Crippen molar-refractivity contribution in [1.29, 1.82) is 0 Å². The van der Waals surface area contributed by atoms with Crippen molar-refractivity contribution >= 4 is 0 Å². The molecule has 5 nitrogen and oxygen atoms in total. The highest BCUT2D eigenvalue weighted by molar-refractivity contribution is 4.74. The van der Waals surface area contributed by atoms with E-state index in [-0.39, 0.29) is 6.61 Å². The van der Waals surface area contributed by atoms with Crippen molar-refractivity contribution in [1.82, 2.24) is 5.32 Å². The zero-order valence-electron chi connectivity index (χ0n) is 9.66. The molecule has 0 saturated carbocycles. The maximum absolute atomic E-state index is 9.82. The van der Waals surface area contributed by atoms with E-state index in [0.717, 1.165) is 0 Å². The maximum atomic E-state index is 9.82. The van der Waals surface area contributed by atoms with Gasteiger partial charge in [0.15, 0.2) is 0 Å². The molecule has 0 heterocycles. The van der Waals surface area contributed by atoms with Gasteiger partial charge in [0.1, 0.15) is 0 Å². The molecular formula is C10H23NO4. The first kappa shape index (κ1) is 14.8. The second-order valence-electron chi connectivity index (χ2n) is 3.75. The van der Waals surface area contributed by atoms with Gasteiger partial charge in [-0.2, -0.15) is 0 Å². The average Bonchev–Trinajstić information content (AvgIpc) is 2.20. The summed E-state index contributed by atoms with van der Waals surface area (Å²) in [5.41, 5.74) is -0.743. The molecule has 92 valence electrons. The Morgan fingerprint density at radius 2 is 2.00 bits per heavy atom. The van der Waals surface area contributed by atoms with Crippen LogP contribution in [0, 0.1) is 0 Å². The highest BCUT2D eigenvalue weighted by atomic mass is 16.5. The van der Waals surface area contributed by atoms with Gasteiger partial charge in [-0.05, 0) is 6.92 Å². The maximum Gasteiger partial charge on any atom is 0.0765 e. The first-order valence-electron chi connectivity index (χ1n) is 5.23. The Morgan fingerprint density at radius 1 is 1.27 bits per heavy atom. The Labute approximate surface area is 91.4 Å². The number of nitrogens with one attached hydrogen (secondary N) is 1. The van der Waals surface area contributed by atoms with E-state index in [1.165, 1.54) is 0 Å². The Morgan fingerprint density at radius 3 is 2.60 bits per heavy atom. The standard InChI is InChI=1S/C10H23NO4/c1-10(13,3-6-14-2)9-11-4-7-15-8-5-12/h11-13H,3-9H2,1-2H3. The summed E-state index contributed by atoms with van der Waals surface area (Å²) in [5, 5.41) is 21.4. The summed E-state index contributed by atoms with van der Waals surface area (Å²) in [6.45, 7) is 4.46. The van der Waals surface area contributed by atoms with Crippen molar-refractivity contribution in [2.24, 2.45) is 0 Å². The van der Waals surface area contributed by atoms with E-state index in [4.69, 9.17) is 14.6 Å². The molecule has 0 saturated heterocycles. The normalized spacial score (nSPS) is 15.2. The lowest BCUT2D eigenvalue weighted by atomic mass is 10.0. The van der Waals surface area contributed by atoms with Crippen LogP contribution in [0.3, 0.4) is 0 Å². The van der Waals surface area contributed by atoms with Crippen LogP contribution in [-0.4, -0.2) is 62.4 Å². The quantitative estimate of drug-likeness (QED) is 0.429. The molecule has 0 bridgehead atoms. The minimum Gasteiger partial charge on any atom is -0.394 e. The predicted octanol–water partition coefficient (Wildman–Crippen LogP) is -0.628. The lowest BCUT2D eigenvalue weighted by Crippen LogP contribution is -2.39. The van der Waals surface area contributed by atoms with Gasteiger partial charge in [0.25, 0.3) is 0 Å². The fourth-order valence-electron chi connectivity index (χ4n) is 1.08. The third kappa shape index (κ3) is 10.1. The van der Waals surface area contributed by atoms with E-state index in [1.807, 2.05) is 0 Å². The number of hydrogen-bond donors (Lipinski definition) is 3. The Balaban J connectivity index is 3.32. The van der Waals surface area contributed by atoms with Gasteiger partial charge in [-0.15, -0.1) is 0 Å². The summed E-state index contributed by atoms with van der Waals surface area (Å²) < 4.78 is 9.96. The highest BCUT2D eigenvalue weighted by Crippen LogP contribution is 2.06. The van der Waals surface area contributed by atoms with Crippen LogP contribution in [0.4, 0.5) is 0 Å². The summed E-state index contributed by atoms with van der Waals surface area (Å²) in [4.78, 5) is 0. The van der Waals surface area contributed by atoms with Crippen LogP contribution < -0.4 is 5.32 Å².